The second-order valence-corrected chi connectivity index (χ2v) is 8.45. The zero-order valence-electron chi connectivity index (χ0n) is 19.1. The molecule has 0 aliphatic rings. The van der Waals surface area contributed by atoms with E-state index >= 15 is 0 Å². The molecule has 3 aromatic rings. The summed E-state index contributed by atoms with van der Waals surface area (Å²) in [6, 6.07) is 8.53. The number of nitrogens with zero attached hydrogens (tertiary/aromatic N) is 3. The van der Waals surface area contributed by atoms with Crippen molar-refractivity contribution < 1.29 is 9.32 Å². The monoisotopic (exact) mass is 447 g/mol. The molecule has 0 fully saturated rings. The van der Waals surface area contributed by atoms with Crippen LogP contribution in [0.15, 0.2) is 47.2 Å². The molecule has 0 spiro atoms. The lowest BCUT2D eigenvalue weighted by molar-refractivity contribution is 0.262. The van der Waals surface area contributed by atoms with E-state index in [9.17, 15) is 4.79 Å². The van der Waals surface area contributed by atoms with E-state index in [-0.39, 0.29) is 5.41 Å². The quantitative estimate of drug-likeness (QED) is 0.318. The molecule has 172 valence electrons. The van der Waals surface area contributed by atoms with E-state index in [4.69, 9.17) is 10.3 Å². The molecule has 0 bridgehead atoms. The standard InChI is InChI=1S/C24H29N7O2/c1-24(2,3)20-14-21(31-33-20)30-23(32)29-19-8-6-7-17(13-19)9-10-18-15-27-22(28-16-18)26-12-5-4-11-25/h6-8,13-16H,4-5,11-12,25H2,1-3H3,(H,26,27,28)(H2,29,30,31,32). The number of rotatable bonds is 7. The molecule has 0 radical (unpaired) electrons. The molecule has 0 aliphatic carbocycles. The number of amides is 2. The minimum Gasteiger partial charge on any atom is -0.359 e. The number of benzene rings is 1. The van der Waals surface area contributed by atoms with Gasteiger partial charge in [0.25, 0.3) is 0 Å². The molecule has 33 heavy (non-hydrogen) atoms. The smallest absolute Gasteiger partial charge is 0.324 e. The van der Waals surface area contributed by atoms with Gasteiger partial charge in [-0.25, -0.2) is 14.8 Å². The summed E-state index contributed by atoms with van der Waals surface area (Å²) in [6.45, 7) is 7.48. The van der Waals surface area contributed by atoms with E-state index in [1.54, 1.807) is 30.6 Å². The Kier molecular flexibility index (Phi) is 8.00. The number of hydrogen-bond donors (Lipinski definition) is 4. The summed E-state index contributed by atoms with van der Waals surface area (Å²) in [5.41, 5.74) is 7.33. The number of nitrogens with two attached hydrogens (primary N) is 1. The summed E-state index contributed by atoms with van der Waals surface area (Å²) >= 11 is 0. The maximum atomic E-state index is 12.3. The van der Waals surface area contributed by atoms with Crippen LogP contribution < -0.4 is 21.7 Å². The summed E-state index contributed by atoms with van der Waals surface area (Å²) in [4.78, 5) is 20.8. The molecule has 9 heteroatoms. The zero-order valence-corrected chi connectivity index (χ0v) is 19.1. The first-order valence-electron chi connectivity index (χ1n) is 10.8. The number of anilines is 3. The molecule has 3 rings (SSSR count). The Labute approximate surface area is 193 Å². The van der Waals surface area contributed by atoms with Crippen LogP contribution in [0.3, 0.4) is 0 Å². The Morgan fingerprint density at radius 2 is 1.82 bits per heavy atom. The van der Waals surface area contributed by atoms with Crippen molar-refractivity contribution >= 4 is 23.5 Å². The average Bonchev–Trinajstić information content (AvgIpc) is 3.25. The molecular weight excluding hydrogens is 418 g/mol. The van der Waals surface area contributed by atoms with Crippen molar-refractivity contribution in [3.05, 3.63) is 59.6 Å². The van der Waals surface area contributed by atoms with E-state index in [1.165, 1.54) is 0 Å². The Balaban J connectivity index is 1.56. The Bertz CT molecular complexity index is 1120. The van der Waals surface area contributed by atoms with Crippen LogP contribution in [0.5, 0.6) is 0 Å². The normalized spacial score (nSPS) is 10.8. The van der Waals surface area contributed by atoms with Crippen molar-refractivity contribution in [3.8, 4) is 11.8 Å². The van der Waals surface area contributed by atoms with Gasteiger partial charge in [0.15, 0.2) is 5.82 Å². The van der Waals surface area contributed by atoms with Crippen LogP contribution in [0, 0.1) is 11.8 Å². The van der Waals surface area contributed by atoms with E-state index in [0.29, 0.717) is 35.3 Å². The third-order valence-corrected chi connectivity index (χ3v) is 4.53. The molecule has 2 aromatic heterocycles. The molecule has 5 N–H and O–H groups in total. The highest BCUT2D eigenvalue weighted by Crippen LogP contribution is 2.24. The minimum absolute atomic E-state index is 0.192. The highest BCUT2D eigenvalue weighted by molar-refractivity contribution is 5.99. The van der Waals surface area contributed by atoms with Crippen molar-refractivity contribution in [3.63, 3.8) is 0 Å². The van der Waals surface area contributed by atoms with Gasteiger partial charge in [-0.2, -0.15) is 0 Å². The summed E-state index contributed by atoms with van der Waals surface area (Å²) in [7, 11) is 0. The fourth-order valence-electron chi connectivity index (χ4n) is 2.74. The molecule has 2 heterocycles. The summed E-state index contributed by atoms with van der Waals surface area (Å²) in [5.74, 6) is 7.70. The lowest BCUT2D eigenvalue weighted by Gasteiger charge is -2.12. The van der Waals surface area contributed by atoms with Crippen LogP contribution in [-0.4, -0.2) is 34.2 Å². The van der Waals surface area contributed by atoms with E-state index in [0.717, 1.165) is 24.9 Å². The fraction of sp³-hybridized carbons (Fsp3) is 0.333. The summed E-state index contributed by atoms with van der Waals surface area (Å²) < 4.78 is 5.28. The SMILES string of the molecule is CC(C)(C)c1cc(NC(=O)Nc2cccc(C#Cc3cnc(NCCCCN)nc3)c2)no1. The van der Waals surface area contributed by atoms with E-state index in [2.05, 4.69) is 42.9 Å². The molecule has 9 nitrogen and oxygen atoms in total. The Morgan fingerprint density at radius 3 is 2.52 bits per heavy atom. The van der Waals surface area contributed by atoms with Gasteiger partial charge in [0.05, 0.1) is 5.56 Å². The topological polar surface area (TPSA) is 131 Å². The van der Waals surface area contributed by atoms with Gasteiger partial charge < -0.3 is 20.9 Å². The van der Waals surface area contributed by atoms with Gasteiger partial charge in [0.2, 0.25) is 5.95 Å². The van der Waals surface area contributed by atoms with Gasteiger partial charge in [-0.1, -0.05) is 43.8 Å². The molecular formula is C24H29N7O2. The van der Waals surface area contributed by atoms with Crippen LogP contribution in [0.2, 0.25) is 0 Å². The Morgan fingerprint density at radius 1 is 1.06 bits per heavy atom. The second kappa shape index (κ2) is 11.1. The molecule has 0 saturated heterocycles. The maximum Gasteiger partial charge on any atom is 0.324 e. The number of aromatic nitrogens is 3. The largest absolute Gasteiger partial charge is 0.359 e. The number of carbonyl (C=O) groups is 1. The average molecular weight is 448 g/mol. The van der Waals surface area contributed by atoms with Crippen molar-refractivity contribution in [2.24, 2.45) is 5.73 Å². The number of urea groups is 1. The fourth-order valence-corrected chi connectivity index (χ4v) is 2.74. The maximum absolute atomic E-state index is 12.3. The molecule has 0 atom stereocenters. The predicted molar refractivity (Wildman–Crippen MR) is 129 cm³/mol. The van der Waals surface area contributed by atoms with Crippen molar-refractivity contribution in [1.82, 2.24) is 15.1 Å². The summed E-state index contributed by atoms with van der Waals surface area (Å²) in [6.07, 6.45) is 5.28. The van der Waals surface area contributed by atoms with Gasteiger partial charge in [-0.15, -0.1) is 0 Å². The van der Waals surface area contributed by atoms with Gasteiger partial charge in [0, 0.05) is 41.7 Å². The van der Waals surface area contributed by atoms with E-state index < -0.39 is 6.03 Å². The number of unbranched alkanes of at least 4 members (excludes halogenated alkanes) is 1. The predicted octanol–water partition coefficient (Wildman–Crippen LogP) is 3.96. The minimum atomic E-state index is -0.420. The third kappa shape index (κ3) is 7.63. The first kappa shape index (κ1) is 23.8. The lowest BCUT2D eigenvalue weighted by Crippen LogP contribution is -2.19. The van der Waals surface area contributed by atoms with Gasteiger partial charge >= 0.3 is 6.03 Å². The van der Waals surface area contributed by atoms with Crippen LogP contribution in [-0.2, 0) is 5.41 Å². The van der Waals surface area contributed by atoms with Gasteiger partial charge in [-0.05, 0) is 37.6 Å². The highest BCUT2D eigenvalue weighted by atomic mass is 16.5. The molecule has 0 aliphatic heterocycles. The zero-order chi connectivity index (χ0) is 23.7. The van der Waals surface area contributed by atoms with Crippen LogP contribution >= 0.6 is 0 Å². The first-order chi connectivity index (χ1) is 15.8. The van der Waals surface area contributed by atoms with Crippen LogP contribution in [0.4, 0.5) is 22.2 Å². The van der Waals surface area contributed by atoms with Crippen molar-refractivity contribution in [2.75, 3.05) is 29.0 Å². The van der Waals surface area contributed by atoms with Gasteiger partial charge in [-0.3, -0.25) is 5.32 Å². The first-order valence-corrected chi connectivity index (χ1v) is 10.8. The van der Waals surface area contributed by atoms with Crippen LogP contribution in [0.25, 0.3) is 0 Å². The van der Waals surface area contributed by atoms with E-state index in [1.807, 2.05) is 32.9 Å². The highest BCUT2D eigenvalue weighted by Gasteiger charge is 2.20. The third-order valence-electron chi connectivity index (χ3n) is 4.53. The molecule has 2 amide bonds. The molecule has 0 unspecified atom stereocenters. The van der Waals surface area contributed by atoms with Crippen LogP contribution in [0.1, 0.15) is 50.5 Å². The number of nitrogens with one attached hydrogen (secondary N) is 3. The second-order valence-electron chi connectivity index (χ2n) is 8.45. The summed E-state index contributed by atoms with van der Waals surface area (Å²) in [5, 5.41) is 12.5. The number of hydrogen-bond acceptors (Lipinski definition) is 7. The molecule has 1 aromatic carbocycles. The van der Waals surface area contributed by atoms with Crippen molar-refractivity contribution in [1.29, 1.82) is 0 Å². The number of carbonyl (C=O) groups excluding carboxylic acids is 1. The van der Waals surface area contributed by atoms with Gasteiger partial charge in [0.1, 0.15) is 5.76 Å². The molecule has 0 saturated carbocycles. The Hall–Kier alpha value is -3.90. The van der Waals surface area contributed by atoms with Crippen molar-refractivity contribution in [2.45, 2.75) is 39.0 Å². The lowest BCUT2D eigenvalue weighted by atomic mass is 9.93.